The highest BCUT2D eigenvalue weighted by molar-refractivity contribution is 7.99. The number of nitrogens with one attached hydrogen (secondary N) is 1. The summed E-state index contributed by atoms with van der Waals surface area (Å²) < 4.78 is 13.9. The number of nitriles is 1. The summed E-state index contributed by atoms with van der Waals surface area (Å²) in [5.41, 5.74) is 2.75. The molecule has 2 aromatic rings. The van der Waals surface area contributed by atoms with E-state index >= 15 is 0 Å². The highest BCUT2D eigenvalue weighted by Gasteiger charge is 2.22. The Morgan fingerprint density at radius 2 is 1.78 bits per heavy atom. The summed E-state index contributed by atoms with van der Waals surface area (Å²) >= 11 is 2.00. The summed E-state index contributed by atoms with van der Waals surface area (Å²) in [5, 5.41) is 12.3. The number of nitrogens with zero attached hydrogens (tertiary/aromatic N) is 4. The van der Waals surface area contributed by atoms with E-state index in [9.17, 15) is 14.4 Å². The van der Waals surface area contributed by atoms with Crippen LogP contribution in [0.5, 0.6) is 0 Å². The number of anilines is 2. The van der Waals surface area contributed by atoms with Crippen molar-refractivity contribution < 1.29 is 9.18 Å². The Labute approximate surface area is 193 Å². The fourth-order valence-corrected chi connectivity index (χ4v) is 5.18. The molecule has 6 nitrogen and oxygen atoms in total. The number of carbonyl (C=O) groups excluding carboxylic acids is 1. The minimum atomic E-state index is -0.492. The average Bonchev–Trinajstić information content (AvgIpc) is 2.80. The number of rotatable bonds is 6. The third kappa shape index (κ3) is 5.80. The molecule has 1 N–H and O–H groups in total. The van der Waals surface area contributed by atoms with Crippen LogP contribution in [0.15, 0.2) is 42.5 Å². The zero-order chi connectivity index (χ0) is 22.3. The Kier molecular flexibility index (Phi) is 7.63. The van der Waals surface area contributed by atoms with Crippen molar-refractivity contribution in [2.45, 2.75) is 6.54 Å². The summed E-state index contributed by atoms with van der Waals surface area (Å²) in [6.45, 7) is 6.11. The number of piperazine rings is 1. The van der Waals surface area contributed by atoms with Gasteiger partial charge in [-0.3, -0.25) is 14.6 Å². The molecule has 4 rings (SSSR count). The van der Waals surface area contributed by atoms with Gasteiger partial charge in [-0.1, -0.05) is 18.2 Å². The van der Waals surface area contributed by atoms with E-state index in [1.54, 1.807) is 12.1 Å². The molecule has 2 aliphatic rings. The van der Waals surface area contributed by atoms with Crippen LogP contribution < -0.4 is 10.2 Å². The van der Waals surface area contributed by atoms with Gasteiger partial charge in [0.25, 0.3) is 0 Å². The lowest BCUT2D eigenvalue weighted by Gasteiger charge is -2.36. The van der Waals surface area contributed by atoms with Crippen molar-refractivity contribution in [3.63, 3.8) is 0 Å². The van der Waals surface area contributed by atoms with Gasteiger partial charge in [0.05, 0.1) is 12.2 Å². The van der Waals surface area contributed by atoms with E-state index < -0.39 is 5.82 Å². The molecule has 2 aliphatic heterocycles. The molecule has 2 fully saturated rings. The molecular weight excluding hydrogens is 425 g/mol. The Hall–Kier alpha value is -2.60. The van der Waals surface area contributed by atoms with Gasteiger partial charge in [0.15, 0.2) is 0 Å². The van der Waals surface area contributed by atoms with Crippen LogP contribution in [0, 0.1) is 17.1 Å². The number of benzene rings is 2. The highest BCUT2D eigenvalue weighted by Crippen LogP contribution is 2.23. The van der Waals surface area contributed by atoms with Crippen molar-refractivity contribution >= 4 is 29.0 Å². The van der Waals surface area contributed by atoms with Crippen LogP contribution in [-0.2, 0) is 11.3 Å². The van der Waals surface area contributed by atoms with E-state index in [1.165, 1.54) is 23.1 Å². The second-order valence-electron chi connectivity index (χ2n) is 8.15. The van der Waals surface area contributed by atoms with Gasteiger partial charge >= 0.3 is 0 Å². The van der Waals surface area contributed by atoms with Crippen LogP contribution in [0.1, 0.15) is 11.1 Å². The van der Waals surface area contributed by atoms with Gasteiger partial charge < -0.3 is 10.2 Å². The quantitative estimate of drug-likeness (QED) is 0.726. The standard InChI is InChI=1S/C24H28FN5OS/c25-22-5-2-6-23(21(22)16-26)30-9-7-28(8-10-30)18-24(31)27-20-4-1-3-19(15-20)17-29-11-13-32-14-12-29/h1-6,15H,7-14,17-18H2,(H,27,31). The molecule has 2 aromatic carbocycles. The number of amides is 1. The van der Waals surface area contributed by atoms with Crippen LogP contribution in [0.4, 0.5) is 15.8 Å². The molecule has 2 saturated heterocycles. The summed E-state index contributed by atoms with van der Waals surface area (Å²) in [7, 11) is 0. The van der Waals surface area contributed by atoms with Crippen LogP contribution in [0.2, 0.25) is 0 Å². The Morgan fingerprint density at radius 3 is 2.53 bits per heavy atom. The maximum Gasteiger partial charge on any atom is 0.238 e. The van der Waals surface area contributed by atoms with E-state index in [0.717, 1.165) is 25.3 Å². The number of carbonyl (C=O) groups is 1. The first-order valence-corrected chi connectivity index (χ1v) is 12.1. The highest BCUT2D eigenvalue weighted by atomic mass is 32.2. The first kappa shape index (κ1) is 22.6. The fraction of sp³-hybridized carbons (Fsp3) is 0.417. The van der Waals surface area contributed by atoms with Crippen molar-refractivity contribution in [3.05, 3.63) is 59.4 Å². The zero-order valence-corrected chi connectivity index (χ0v) is 18.9. The lowest BCUT2D eigenvalue weighted by molar-refractivity contribution is -0.117. The van der Waals surface area contributed by atoms with Gasteiger partial charge in [0.2, 0.25) is 5.91 Å². The lowest BCUT2D eigenvalue weighted by atomic mass is 10.1. The van der Waals surface area contributed by atoms with Gasteiger partial charge in [-0.05, 0) is 29.8 Å². The van der Waals surface area contributed by atoms with Gasteiger partial charge in [0.1, 0.15) is 17.4 Å². The Balaban J connectivity index is 1.27. The SMILES string of the molecule is N#Cc1c(F)cccc1N1CCN(CC(=O)Nc2cccc(CN3CCSCC3)c2)CC1. The summed E-state index contributed by atoms with van der Waals surface area (Å²) in [6.07, 6.45) is 0. The molecule has 32 heavy (non-hydrogen) atoms. The van der Waals surface area contributed by atoms with Crippen molar-refractivity contribution in [2.24, 2.45) is 0 Å². The molecule has 0 radical (unpaired) electrons. The smallest absolute Gasteiger partial charge is 0.238 e. The van der Waals surface area contributed by atoms with E-state index in [2.05, 4.69) is 27.2 Å². The molecule has 0 aliphatic carbocycles. The first-order chi connectivity index (χ1) is 15.6. The molecule has 0 bridgehead atoms. The van der Waals surface area contributed by atoms with Crippen LogP contribution in [0.25, 0.3) is 0 Å². The zero-order valence-electron chi connectivity index (χ0n) is 18.1. The third-order valence-electron chi connectivity index (χ3n) is 5.90. The molecule has 0 atom stereocenters. The summed E-state index contributed by atoms with van der Waals surface area (Å²) in [5.74, 6) is 1.84. The third-order valence-corrected chi connectivity index (χ3v) is 6.85. The maximum atomic E-state index is 13.9. The van der Waals surface area contributed by atoms with Gasteiger partial charge in [-0.25, -0.2) is 4.39 Å². The van der Waals surface area contributed by atoms with Crippen molar-refractivity contribution in [3.8, 4) is 6.07 Å². The van der Waals surface area contributed by atoms with E-state index in [0.29, 0.717) is 38.4 Å². The van der Waals surface area contributed by atoms with Crippen LogP contribution in [0.3, 0.4) is 0 Å². The molecule has 0 saturated carbocycles. The number of hydrogen-bond donors (Lipinski definition) is 1. The van der Waals surface area contributed by atoms with Crippen molar-refractivity contribution in [2.75, 3.05) is 67.5 Å². The summed E-state index contributed by atoms with van der Waals surface area (Å²) in [6, 6.07) is 14.8. The molecule has 0 aromatic heterocycles. The topological polar surface area (TPSA) is 62.6 Å². The number of thioether (sulfide) groups is 1. The predicted molar refractivity (Wildman–Crippen MR) is 127 cm³/mol. The van der Waals surface area contributed by atoms with Crippen LogP contribution in [-0.4, -0.2) is 73.0 Å². The molecule has 1 amide bonds. The molecule has 2 heterocycles. The lowest BCUT2D eigenvalue weighted by Crippen LogP contribution is -2.48. The van der Waals surface area contributed by atoms with E-state index in [1.807, 2.05) is 34.9 Å². The Bertz CT molecular complexity index is 981. The minimum Gasteiger partial charge on any atom is -0.368 e. The maximum absolute atomic E-state index is 13.9. The fourth-order valence-electron chi connectivity index (χ4n) is 4.20. The number of hydrogen-bond acceptors (Lipinski definition) is 6. The van der Waals surface area contributed by atoms with Crippen molar-refractivity contribution in [1.29, 1.82) is 5.26 Å². The number of halogens is 1. The van der Waals surface area contributed by atoms with E-state index in [4.69, 9.17) is 0 Å². The minimum absolute atomic E-state index is 0.0339. The predicted octanol–water partition coefficient (Wildman–Crippen LogP) is 3.01. The average molecular weight is 454 g/mol. The van der Waals surface area contributed by atoms with Gasteiger partial charge in [0, 0.05) is 63.0 Å². The normalized spacial score (nSPS) is 17.7. The van der Waals surface area contributed by atoms with Crippen molar-refractivity contribution in [1.82, 2.24) is 9.80 Å². The molecule has 0 unspecified atom stereocenters. The molecule has 8 heteroatoms. The first-order valence-electron chi connectivity index (χ1n) is 11.0. The largest absolute Gasteiger partial charge is 0.368 e. The summed E-state index contributed by atoms with van der Waals surface area (Å²) in [4.78, 5) is 19.2. The second-order valence-corrected chi connectivity index (χ2v) is 9.37. The second kappa shape index (κ2) is 10.8. The molecule has 0 spiro atoms. The monoisotopic (exact) mass is 453 g/mol. The van der Waals surface area contributed by atoms with Gasteiger partial charge in [-0.2, -0.15) is 17.0 Å². The molecule has 168 valence electrons. The van der Waals surface area contributed by atoms with Gasteiger partial charge in [-0.15, -0.1) is 0 Å². The molecular formula is C24H28FN5OS. The van der Waals surface area contributed by atoms with Crippen LogP contribution >= 0.6 is 11.8 Å². The Morgan fingerprint density at radius 1 is 1.03 bits per heavy atom. The van der Waals surface area contributed by atoms with E-state index in [-0.39, 0.29) is 11.5 Å².